The predicted octanol–water partition coefficient (Wildman–Crippen LogP) is 1.65. The number of carbonyl (C=O) groups is 1. The summed E-state index contributed by atoms with van der Waals surface area (Å²) in [6.45, 7) is 1.90. The highest BCUT2D eigenvalue weighted by Crippen LogP contribution is 2.47. The number of aryl methyl sites for hydroxylation is 1. The van der Waals surface area contributed by atoms with Crippen LogP contribution in [0.1, 0.15) is 37.7 Å². The number of hydrogen-bond acceptors (Lipinski definition) is 5. The van der Waals surface area contributed by atoms with Gasteiger partial charge in [0, 0.05) is 5.54 Å². The molecule has 1 aromatic carbocycles. The number of hydrogen-bond donors (Lipinski definition) is 2. The number of nitrogens with two attached hydrogens (primary N) is 1. The molecule has 4 rings (SSSR count). The van der Waals surface area contributed by atoms with E-state index < -0.39 is 33.1 Å². The Morgan fingerprint density at radius 2 is 1.83 bits per heavy atom. The number of aliphatic carboxylic acids is 1. The fourth-order valence-corrected chi connectivity index (χ4v) is 5.00. The SMILES string of the molecule is Cc1ccc(S(=O)(=O)CCC2OC3(C(=O)O)CCC2(N)CC3)cc1. The van der Waals surface area contributed by atoms with Crippen molar-refractivity contribution in [2.24, 2.45) is 5.73 Å². The maximum atomic E-state index is 12.5. The van der Waals surface area contributed by atoms with Crippen molar-refractivity contribution in [1.29, 1.82) is 0 Å². The fourth-order valence-electron chi connectivity index (χ4n) is 3.69. The largest absolute Gasteiger partial charge is 0.479 e. The molecule has 2 bridgehead atoms. The summed E-state index contributed by atoms with van der Waals surface area (Å²) in [6, 6.07) is 6.70. The molecule has 3 fully saturated rings. The average molecular weight is 353 g/mol. The third-order valence-corrected chi connectivity index (χ3v) is 7.18. The maximum Gasteiger partial charge on any atom is 0.335 e. The molecule has 2 heterocycles. The Morgan fingerprint density at radius 1 is 1.25 bits per heavy atom. The summed E-state index contributed by atoms with van der Waals surface area (Å²) in [4.78, 5) is 11.8. The normalized spacial score (nSPS) is 32.7. The lowest BCUT2D eigenvalue weighted by atomic mass is 9.67. The van der Waals surface area contributed by atoms with Crippen molar-refractivity contribution in [1.82, 2.24) is 0 Å². The summed E-state index contributed by atoms with van der Waals surface area (Å²) in [7, 11) is -3.44. The fraction of sp³-hybridized carbons (Fsp3) is 0.588. The first-order valence-electron chi connectivity index (χ1n) is 8.16. The van der Waals surface area contributed by atoms with Crippen molar-refractivity contribution in [3.8, 4) is 0 Å². The summed E-state index contributed by atoms with van der Waals surface area (Å²) >= 11 is 0. The van der Waals surface area contributed by atoms with Gasteiger partial charge in [0.15, 0.2) is 15.4 Å². The van der Waals surface area contributed by atoms with Gasteiger partial charge in [-0.2, -0.15) is 0 Å². The van der Waals surface area contributed by atoms with Gasteiger partial charge in [0.05, 0.1) is 16.8 Å². The Balaban J connectivity index is 1.74. The second-order valence-electron chi connectivity index (χ2n) is 7.06. The molecule has 0 spiro atoms. The molecule has 3 aliphatic rings. The number of carboxylic acid groups (broad SMARTS) is 1. The minimum absolute atomic E-state index is 0.102. The molecule has 0 radical (unpaired) electrons. The number of rotatable bonds is 5. The predicted molar refractivity (Wildman–Crippen MR) is 88.5 cm³/mol. The van der Waals surface area contributed by atoms with Crippen molar-refractivity contribution >= 4 is 15.8 Å². The molecule has 7 heteroatoms. The first-order chi connectivity index (χ1) is 11.2. The van der Waals surface area contributed by atoms with E-state index in [1.165, 1.54) is 0 Å². The third kappa shape index (κ3) is 2.96. The Morgan fingerprint density at radius 3 is 2.38 bits per heavy atom. The molecule has 1 aromatic rings. The number of carboxylic acids is 1. The van der Waals surface area contributed by atoms with E-state index in [2.05, 4.69) is 0 Å². The highest BCUT2D eigenvalue weighted by Gasteiger charge is 2.57. The quantitative estimate of drug-likeness (QED) is 0.833. The van der Waals surface area contributed by atoms with Gasteiger partial charge in [-0.05, 0) is 51.2 Å². The first kappa shape index (κ1) is 17.4. The van der Waals surface area contributed by atoms with Crippen LogP contribution in [0, 0.1) is 6.92 Å². The van der Waals surface area contributed by atoms with E-state index in [9.17, 15) is 18.3 Å². The van der Waals surface area contributed by atoms with Gasteiger partial charge < -0.3 is 15.6 Å². The zero-order valence-corrected chi connectivity index (χ0v) is 14.5. The van der Waals surface area contributed by atoms with E-state index >= 15 is 0 Å². The molecule has 1 aliphatic carbocycles. The van der Waals surface area contributed by atoms with Gasteiger partial charge in [0.2, 0.25) is 0 Å². The van der Waals surface area contributed by atoms with E-state index in [0.717, 1.165) is 5.56 Å². The zero-order valence-electron chi connectivity index (χ0n) is 13.7. The average Bonchev–Trinajstić information content (AvgIpc) is 2.54. The molecule has 24 heavy (non-hydrogen) atoms. The van der Waals surface area contributed by atoms with Gasteiger partial charge in [0.1, 0.15) is 0 Å². The molecule has 1 unspecified atom stereocenters. The van der Waals surface area contributed by atoms with Gasteiger partial charge in [-0.1, -0.05) is 17.7 Å². The Hall–Kier alpha value is -1.44. The summed E-state index contributed by atoms with van der Waals surface area (Å²) in [6.07, 6.45) is 1.54. The topological polar surface area (TPSA) is 107 Å². The van der Waals surface area contributed by atoms with Gasteiger partial charge in [0.25, 0.3) is 0 Å². The second-order valence-corrected chi connectivity index (χ2v) is 9.17. The molecule has 6 nitrogen and oxygen atoms in total. The van der Waals surface area contributed by atoms with Crippen LogP contribution in [-0.2, 0) is 19.4 Å². The number of fused-ring (bicyclic) bond motifs is 3. The van der Waals surface area contributed by atoms with Crippen LogP contribution in [0.4, 0.5) is 0 Å². The van der Waals surface area contributed by atoms with Crippen molar-refractivity contribution in [2.75, 3.05) is 5.75 Å². The van der Waals surface area contributed by atoms with E-state index in [-0.39, 0.29) is 17.1 Å². The lowest BCUT2D eigenvalue weighted by Crippen LogP contribution is -2.67. The molecule has 1 atom stereocenters. The van der Waals surface area contributed by atoms with E-state index in [4.69, 9.17) is 10.5 Å². The lowest BCUT2D eigenvalue weighted by Gasteiger charge is -2.54. The molecule has 2 aliphatic heterocycles. The van der Waals surface area contributed by atoms with Crippen molar-refractivity contribution < 1.29 is 23.1 Å². The Kier molecular flexibility index (Phi) is 4.22. The lowest BCUT2D eigenvalue weighted by molar-refractivity contribution is -0.218. The van der Waals surface area contributed by atoms with Gasteiger partial charge in [-0.3, -0.25) is 0 Å². The smallest absolute Gasteiger partial charge is 0.335 e. The Bertz CT molecular complexity index is 733. The molecule has 3 N–H and O–H groups in total. The number of benzene rings is 1. The maximum absolute atomic E-state index is 12.5. The molecule has 2 saturated heterocycles. The van der Waals surface area contributed by atoms with Crippen LogP contribution >= 0.6 is 0 Å². The monoisotopic (exact) mass is 353 g/mol. The standard InChI is InChI=1S/C17H23NO5S/c1-12-2-4-13(5-3-12)24(21,22)11-6-14-16(18)7-9-17(23-14,10-8-16)15(19)20/h2-5,14H,6-11,18H2,1H3,(H,19,20). The second kappa shape index (κ2) is 5.82. The molecule has 1 saturated carbocycles. The highest BCUT2D eigenvalue weighted by atomic mass is 32.2. The summed E-state index contributed by atoms with van der Waals surface area (Å²) < 4.78 is 30.8. The van der Waals surface area contributed by atoms with Crippen molar-refractivity contribution in [3.05, 3.63) is 29.8 Å². The van der Waals surface area contributed by atoms with Crippen LogP contribution in [0.25, 0.3) is 0 Å². The van der Waals surface area contributed by atoms with Crippen LogP contribution in [0.15, 0.2) is 29.2 Å². The van der Waals surface area contributed by atoms with Crippen LogP contribution in [0.2, 0.25) is 0 Å². The Labute approximate surface area is 141 Å². The van der Waals surface area contributed by atoms with Gasteiger partial charge >= 0.3 is 5.97 Å². The molecule has 132 valence electrons. The summed E-state index contributed by atoms with van der Waals surface area (Å²) in [5.41, 5.74) is 5.55. The van der Waals surface area contributed by atoms with Gasteiger partial charge in [-0.25, -0.2) is 13.2 Å². The molecule has 0 amide bonds. The van der Waals surface area contributed by atoms with Gasteiger partial charge in [-0.15, -0.1) is 0 Å². The molecular weight excluding hydrogens is 330 g/mol. The molecule has 0 aromatic heterocycles. The van der Waals surface area contributed by atoms with Crippen LogP contribution < -0.4 is 5.73 Å². The minimum atomic E-state index is -3.44. The zero-order chi connectivity index (χ0) is 17.6. The van der Waals surface area contributed by atoms with Crippen molar-refractivity contribution in [2.45, 2.75) is 61.2 Å². The number of ether oxygens (including phenoxy) is 1. The van der Waals surface area contributed by atoms with E-state index in [0.29, 0.717) is 25.7 Å². The van der Waals surface area contributed by atoms with Crippen LogP contribution in [0.3, 0.4) is 0 Å². The van der Waals surface area contributed by atoms with Crippen molar-refractivity contribution in [3.63, 3.8) is 0 Å². The van der Waals surface area contributed by atoms with Crippen LogP contribution in [0.5, 0.6) is 0 Å². The van der Waals surface area contributed by atoms with E-state index in [1.54, 1.807) is 24.3 Å². The first-order valence-corrected chi connectivity index (χ1v) is 9.82. The van der Waals surface area contributed by atoms with E-state index in [1.807, 2.05) is 6.92 Å². The summed E-state index contributed by atoms with van der Waals surface area (Å²) in [5, 5.41) is 9.46. The highest BCUT2D eigenvalue weighted by molar-refractivity contribution is 7.91. The third-order valence-electron chi connectivity index (χ3n) is 5.42. The number of sulfone groups is 1. The molecular formula is C17H23NO5S. The minimum Gasteiger partial charge on any atom is -0.479 e. The summed E-state index contributed by atoms with van der Waals surface area (Å²) in [5.74, 6) is -1.08. The van der Waals surface area contributed by atoms with Crippen LogP contribution in [-0.4, -0.2) is 42.5 Å².